The van der Waals surface area contributed by atoms with E-state index in [1.807, 2.05) is 37.1 Å². The lowest BCUT2D eigenvalue weighted by molar-refractivity contribution is -0.141. The summed E-state index contributed by atoms with van der Waals surface area (Å²) in [7, 11) is 0. The average molecular weight is 342 g/mol. The van der Waals surface area contributed by atoms with Crippen LogP contribution in [0, 0.1) is 25.2 Å². The number of H-pyrrole nitrogens is 1. The molecular formula is C18H13F3N4. The van der Waals surface area contributed by atoms with Gasteiger partial charge in [0.05, 0.1) is 5.69 Å². The summed E-state index contributed by atoms with van der Waals surface area (Å²) in [6.07, 6.45) is -3.09. The molecule has 0 aliphatic rings. The van der Waals surface area contributed by atoms with Gasteiger partial charge in [0.1, 0.15) is 17.3 Å². The molecule has 0 spiro atoms. The highest BCUT2D eigenvalue weighted by atomic mass is 19.4. The SMILES string of the molecule is Cc1cccc(C)c1-c1ccc(-c2n[nH]c(C(F)(F)F)c2C#N)nc1. The number of nitrogens with zero attached hydrogens (tertiary/aromatic N) is 3. The largest absolute Gasteiger partial charge is 0.434 e. The Kier molecular flexibility index (Phi) is 4.05. The summed E-state index contributed by atoms with van der Waals surface area (Å²) >= 11 is 0. The van der Waals surface area contributed by atoms with Gasteiger partial charge in [0.15, 0.2) is 5.69 Å². The number of alkyl halides is 3. The first-order valence-electron chi connectivity index (χ1n) is 7.41. The number of pyridine rings is 1. The van der Waals surface area contributed by atoms with Crippen LogP contribution < -0.4 is 0 Å². The summed E-state index contributed by atoms with van der Waals surface area (Å²) in [6.45, 7) is 3.96. The fraction of sp³-hybridized carbons (Fsp3) is 0.167. The maximum atomic E-state index is 12.9. The van der Waals surface area contributed by atoms with Crippen LogP contribution in [0.1, 0.15) is 22.4 Å². The molecule has 0 aliphatic carbocycles. The molecule has 0 amide bonds. The van der Waals surface area contributed by atoms with Crippen molar-refractivity contribution in [3.63, 3.8) is 0 Å². The molecule has 0 bridgehead atoms. The number of halogens is 3. The number of aromatic amines is 1. The van der Waals surface area contributed by atoms with Crippen LogP contribution in [-0.2, 0) is 6.18 Å². The number of aromatic nitrogens is 3. The van der Waals surface area contributed by atoms with E-state index in [0.717, 1.165) is 22.3 Å². The molecule has 4 nitrogen and oxygen atoms in total. The molecule has 0 saturated heterocycles. The summed E-state index contributed by atoms with van der Waals surface area (Å²) in [6, 6.07) is 10.8. The minimum Gasteiger partial charge on any atom is -0.272 e. The van der Waals surface area contributed by atoms with E-state index < -0.39 is 17.4 Å². The lowest BCUT2D eigenvalue weighted by Crippen LogP contribution is -2.07. The van der Waals surface area contributed by atoms with Crippen LogP contribution in [0.25, 0.3) is 22.5 Å². The van der Waals surface area contributed by atoms with Crippen LogP contribution in [0.4, 0.5) is 13.2 Å². The summed E-state index contributed by atoms with van der Waals surface area (Å²) in [5.41, 5.74) is 2.41. The maximum Gasteiger partial charge on any atom is 0.434 e. The number of aryl methyl sites for hydroxylation is 2. The van der Waals surface area contributed by atoms with Gasteiger partial charge in [-0.15, -0.1) is 0 Å². The van der Waals surface area contributed by atoms with Crippen LogP contribution in [-0.4, -0.2) is 15.2 Å². The van der Waals surface area contributed by atoms with Gasteiger partial charge in [0.2, 0.25) is 0 Å². The quantitative estimate of drug-likeness (QED) is 0.737. The summed E-state index contributed by atoms with van der Waals surface area (Å²) < 4.78 is 38.7. The van der Waals surface area contributed by atoms with E-state index in [1.165, 1.54) is 0 Å². The molecule has 25 heavy (non-hydrogen) atoms. The van der Waals surface area contributed by atoms with E-state index in [0.29, 0.717) is 0 Å². The van der Waals surface area contributed by atoms with Crippen molar-refractivity contribution in [2.24, 2.45) is 0 Å². The van der Waals surface area contributed by atoms with Gasteiger partial charge in [-0.2, -0.15) is 23.5 Å². The summed E-state index contributed by atoms with van der Waals surface area (Å²) in [5.74, 6) is 0. The molecule has 0 saturated carbocycles. The van der Waals surface area contributed by atoms with Crippen molar-refractivity contribution in [3.8, 4) is 28.6 Å². The standard InChI is InChI=1S/C18H13F3N4/c1-10-4-3-5-11(2)15(10)12-6-7-14(23-9-12)16-13(8-22)17(25-24-16)18(19,20)21/h3-7,9H,1-2H3,(H,24,25). The van der Waals surface area contributed by atoms with Gasteiger partial charge < -0.3 is 0 Å². The van der Waals surface area contributed by atoms with Crippen molar-refractivity contribution in [1.29, 1.82) is 5.26 Å². The topological polar surface area (TPSA) is 65.4 Å². The predicted octanol–water partition coefficient (Wildman–Crippen LogP) is 4.65. The average Bonchev–Trinajstić information content (AvgIpc) is 2.99. The van der Waals surface area contributed by atoms with Crippen molar-refractivity contribution in [3.05, 3.63) is 58.9 Å². The number of nitrogens with one attached hydrogen (secondary N) is 1. The Morgan fingerprint density at radius 1 is 1.08 bits per heavy atom. The Bertz CT molecular complexity index is 943. The third-order valence-electron chi connectivity index (χ3n) is 3.94. The highest BCUT2D eigenvalue weighted by Crippen LogP contribution is 2.34. The van der Waals surface area contributed by atoms with Gasteiger partial charge in [0, 0.05) is 11.8 Å². The molecule has 0 atom stereocenters. The first-order chi connectivity index (χ1) is 11.8. The lowest BCUT2D eigenvalue weighted by atomic mass is 9.97. The molecular weight excluding hydrogens is 329 g/mol. The van der Waals surface area contributed by atoms with E-state index in [1.54, 1.807) is 24.4 Å². The number of nitriles is 1. The molecule has 2 heterocycles. The lowest BCUT2D eigenvalue weighted by Gasteiger charge is -2.10. The maximum absolute atomic E-state index is 12.9. The second-order valence-corrected chi connectivity index (χ2v) is 5.63. The highest BCUT2D eigenvalue weighted by molar-refractivity contribution is 5.72. The third kappa shape index (κ3) is 2.98. The van der Waals surface area contributed by atoms with E-state index in [-0.39, 0.29) is 11.4 Å². The zero-order valence-corrected chi connectivity index (χ0v) is 13.4. The number of hydrogen-bond acceptors (Lipinski definition) is 3. The van der Waals surface area contributed by atoms with E-state index in [2.05, 4.69) is 10.1 Å². The van der Waals surface area contributed by atoms with Crippen LogP contribution in [0.15, 0.2) is 36.5 Å². The Balaban J connectivity index is 2.05. The van der Waals surface area contributed by atoms with E-state index in [4.69, 9.17) is 5.26 Å². The highest BCUT2D eigenvalue weighted by Gasteiger charge is 2.37. The van der Waals surface area contributed by atoms with Crippen LogP contribution in [0.2, 0.25) is 0 Å². The molecule has 3 rings (SSSR count). The van der Waals surface area contributed by atoms with Gasteiger partial charge in [-0.1, -0.05) is 24.3 Å². The minimum atomic E-state index is -4.67. The van der Waals surface area contributed by atoms with Crippen molar-refractivity contribution < 1.29 is 13.2 Å². The smallest absolute Gasteiger partial charge is 0.272 e. The Labute approximate surface area is 142 Å². The molecule has 0 fully saturated rings. The normalized spacial score (nSPS) is 11.4. The first-order valence-corrected chi connectivity index (χ1v) is 7.41. The third-order valence-corrected chi connectivity index (χ3v) is 3.94. The Morgan fingerprint density at radius 2 is 1.76 bits per heavy atom. The Hall–Kier alpha value is -3.14. The molecule has 1 aromatic carbocycles. The van der Waals surface area contributed by atoms with Gasteiger partial charge in [-0.05, 0) is 36.6 Å². The molecule has 2 aromatic heterocycles. The molecule has 3 aromatic rings. The fourth-order valence-electron chi connectivity index (χ4n) is 2.79. The van der Waals surface area contributed by atoms with Crippen LogP contribution in [0.5, 0.6) is 0 Å². The second-order valence-electron chi connectivity index (χ2n) is 5.63. The molecule has 7 heteroatoms. The zero-order valence-electron chi connectivity index (χ0n) is 13.4. The van der Waals surface area contributed by atoms with Gasteiger partial charge in [0.25, 0.3) is 0 Å². The molecule has 0 radical (unpaired) electrons. The van der Waals surface area contributed by atoms with Crippen LogP contribution in [0.3, 0.4) is 0 Å². The first kappa shape index (κ1) is 16.7. The van der Waals surface area contributed by atoms with E-state index in [9.17, 15) is 13.2 Å². The van der Waals surface area contributed by atoms with E-state index >= 15 is 0 Å². The minimum absolute atomic E-state index is 0.108. The van der Waals surface area contributed by atoms with Crippen molar-refractivity contribution >= 4 is 0 Å². The molecule has 126 valence electrons. The number of rotatable bonds is 2. The second kappa shape index (κ2) is 6.06. The predicted molar refractivity (Wildman–Crippen MR) is 86.4 cm³/mol. The van der Waals surface area contributed by atoms with Crippen molar-refractivity contribution in [2.45, 2.75) is 20.0 Å². The summed E-state index contributed by atoms with van der Waals surface area (Å²) in [4.78, 5) is 4.21. The zero-order chi connectivity index (χ0) is 18.2. The molecule has 1 N–H and O–H groups in total. The summed E-state index contributed by atoms with van der Waals surface area (Å²) in [5, 5.41) is 14.6. The van der Waals surface area contributed by atoms with Gasteiger partial charge >= 0.3 is 6.18 Å². The Morgan fingerprint density at radius 3 is 2.28 bits per heavy atom. The van der Waals surface area contributed by atoms with Gasteiger partial charge in [-0.25, -0.2) is 0 Å². The van der Waals surface area contributed by atoms with Crippen molar-refractivity contribution in [2.75, 3.05) is 0 Å². The fourth-order valence-corrected chi connectivity index (χ4v) is 2.79. The monoisotopic (exact) mass is 342 g/mol. The number of hydrogen-bond donors (Lipinski definition) is 1. The van der Waals surface area contributed by atoms with Crippen LogP contribution >= 0.6 is 0 Å². The molecule has 0 aliphatic heterocycles. The van der Waals surface area contributed by atoms with Crippen molar-refractivity contribution in [1.82, 2.24) is 15.2 Å². The molecule has 0 unspecified atom stereocenters. The number of benzene rings is 1. The van der Waals surface area contributed by atoms with Gasteiger partial charge in [-0.3, -0.25) is 10.1 Å².